The molecule has 0 aliphatic carbocycles. The van der Waals surface area contributed by atoms with Crippen molar-refractivity contribution in [3.8, 4) is 0 Å². The Balaban J connectivity index is 1.88. The first-order chi connectivity index (χ1) is 10.9. The van der Waals surface area contributed by atoms with Crippen molar-refractivity contribution in [2.24, 2.45) is 5.92 Å². The predicted octanol–water partition coefficient (Wildman–Crippen LogP) is 1.49. The molecule has 1 heterocycles. The van der Waals surface area contributed by atoms with E-state index in [0.717, 1.165) is 38.1 Å². The first-order valence-corrected chi connectivity index (χ1v) is 9.41. The summed E-state index contributed by atoms with van der Waals surface area (Å²) in [6.45, 7) is 3.96. The fraction of sp³-hybridized carbons (Fsp3) is 0.562. The molecule has 1 aliphatic heterocycles. The van der Waals surface area contributed by atoms with Crippen LogP contribution in [0, 0.1) is 11.7 Å². The van der Waals surface area contributed by atoms with Crippen molar-refractivity contribution in [3.63, 3.8) is 0 Å². The minimum Gasteiger partial charge on any atom is -0.356 e. The van der Waals surface area contributed by atoms with Crippen LogP contribution in [0.3, 0.4) is 0 Å². The number of hydrogen-bond donors (Lipinski definition) is 2. The number of hydrogen-bond acceptors (Lipinski definition) is 4. The topological polar surface area (TPSA) is 75.3 Å². The lowest BCUT2D eigenvalue weighted by Gasteiger charge is -2.23. The third-order valence-corrected chi connectivity index (χ3v) is 6.29. The highest BCUT2D eigenvalue weighted by molar-refractivity contribution is 7.92. The van der Waals surface area contributed by atoms with Crippen LogP contribution < -0.4 is 10.6 Å². The fourth-order valence-electron chi connectivity index (χ4n) is 2.66. The van der Waals surface area contributed by atoms with Gasteiger partial charge in [-0.2, -0.15) is 0 Å². The van der Waals surface area contributed by atoms with E-state index in [9.17, 15) is 17.6 Å². The molecular weight excluding hydrogens is 319 g/mol. The van der Waals surface area contributed by atoms with Gasteiger partial charge in [0.15, 0.2) is 9.84 Å². The van der Waals surface area contributed by atoms with E-state index in [1.54, 1.807) is 0 Å². The number of carbonyl (C=O) groups excluding carboxylic acids is 1. The van der Waals surface area contributed by atoms with E-state index in [2.05, 4.69) is 10.6 Å². The van der Waals surface area contributed by atoms with Crippen molar-refractivity contribution in [1.82, 2.24) is 10.6 Å². The van der Waals surface area contributed by atoms with Gasteiger partial charge >= 0.3 is 0 Å². The van der Waals surface area contributed by atoms with E-state index >= 15 is 0 Å². The summed E-state index contributed by atoms with van der Waals surface area (Å²) in [6.07, 6.45) is 2.06. The number of rotatable bonds is 6. The van der Waals surface area contributed by atoms with Gasteiger partial charge in [-0.05, 0) is 63.0 Å². The smallest absolute Gasteiger partial charge is 0.221 e. The van der Waals surface area contributed by atoms with Gasteiger partial charge < -0.3 is 10.6 Å². The largest absolute Gasteiger partial charge is 0.356 e. The zero-order valence-corrected chi connectivity index (χ0v) is 14.0. The molecule has 0 saturated carbocycles. The van der Waals surface area contributed by atoms with Crippen molar-refractivity contribution in [2.75, 3.05) is 19.6 Å². The van der Waals surface area contributed by atoms with Crippen LogP contribution in [0.4, 0.5) is 4.39 Å². The van der Waals surface area contributed by atoms with Gasteiger partial charge in [0, 0.05) is 13.0 Å². The summed E-state index contributed by atoms with van der Waals surface area (Å²) in [4.78, 5) is 12.0. The predicted molar refractivity (Wildman–Crippen MR) is 86.3 cm³/mol. The molecule has 1 aromatic carbocycles. The highest BCUT2D eigenvalue weighted by Gasteiger charge is 2.26. The van der Waals surface area contributed by atoms with Crippen LogP contribution in [0.25, 0.3) is 0 Å². The number of amides is 1. The van der Waals surface area contributed by atoms with Crippen molar-refractivity contribution < 1.29 is 17.6 Å². The van der Waals surface area contributed by atoms with Crippen molar-refractivity contribution in [2.45, 2.75) is 36.3 Å². The second-order valence-corrected chi connectivity index (χ2v) is 8.40. The van der Waals surface area contributed by atoms with Gasteiger partial charge in [-0.3, -0.25) is 4.79 Å². The van der Waals surface area contributed by atoms with Gasteiger partial charge in [0.05, 0.1) is 10.1 Å². The molecule has 0 spiro atoms. The average Bonchev–Trinajstić information content (AvgIpc) is 2.54. The monoisotopic (exact) mass is 342 g/mol. The van der Waals surface area contributed by atoms with Crippen LogP contribution in [0.15, 0.2) is 29.2 Å². The van der Waals surface area contributed by atoms with Crippen LogP contribution >= 0.6 is 0 Å². The maximum absolute atomic E-state index is 12.9. The summed E-state index contributed by atoms with van der Waals surface area (Å²) in [5, 5.41) is 5.23. The highest BCUT2D eigenvalue weighted by Crippen LogP contribution is 2.18. The van der Waals surface area contributed by atoms with E-state index < -0.39 is 20.9 Å². The van der Waals surface area contributed by atoms with E-state index in [0.29, 0.717) is 12.5 Å². The molecule has 2 N–H and O–H groups in total. The summed E-state index contributed by atoms with van der Waals surface area (Å²) < 4.78 is 37.6. The second kappa shape index (κ2) is 7.88. The molecule has 1 fully saturated rings. The Hall–Kier alpha value is -1.47. The Morgan fingerprint density at radius 2 is 2.09 bits per heavy atom. The van der Waals surface area contributed by atoms with Gasteiger partial charge in [-0.15, -0.1) is 0 Å². The molecule has 1 amide bonds. The van der Waals surface area contributed by atoms with Gasteiger partial charge in [0.2, 0.25) is 5.91 Å². The summed E-state index contributed by atoms with van der Waals surface area (Å²) in [7, 11) is -3.63. The van der Waals surface area contributed by atoms with Crippen LogP contribution in [0.5, 0.6) is 0 Å². The lowest BCUT2D eigenvalue weighted by molar-refractivity contribution is -0.121. The van der Waals surface area contributed by atoms with Gasteiger partial charge in [0.1, 0.15) is 5.82 Å². The molecule has 0 bridgehead atoms. The number of nitrogens with one attached hydrogen (secondary N) is 2. The Labute approximate surface area is 136 Å². The quantitative estimate of drug-likeness (QED) is 0.768. The van der Waals surface area contributed by atoms with Crippen molar-refractivity contribution in [1.29, 1.82) is 0 Å². The van der Waals surface area contributed by atoms with Crippen molar-refractivity contribution in [3.05, 3.63) is 30.1 Å². The number of benzene rings is 1. The van der Waals surface area contributed by atoms with E-state index in [1.165, 1.54) is 19.1 Å². The first-order valence-electron chi connectivity index (χ1n) is 7.86. The van der Waals surface area contributed by atoms with Crippen molar-refractivity contribution >= 4 is 15.7 Å². The molecule has 2 unspecified atom stereocenters. The Morgan fingerprint density at radius 1 is 1.39 bits per heavy atom. The Morgan fingerprint density at radius 3 is 2.70 bits per heavy atom. The molecule has 7 heteroatoms. The molecule has 128 valence electrons. The maximum Gasteiger partial charge on any atom is 0.221 e. The molecule has 1 aliphatic rings. The third-order valence-electron chi connectivity index (χ3n) is 4.13. The van der Waals surface area contributed by atoms with Gasteiger partial charge in [-0.1, -0.05) is 0 Å². The van der Waals surface area contributed by atoms with Crippen LogP contribution in [-0.2, 0) is 14.6 Å². The van der Waals surface area contributed by atoms with Crippen LogP contribution in [0.2, 0.25) is 0 Å². The average molecular weight is 342 g/mol. The Kier molecular flexibility index (Phi) is 6.12. The summed E-state index contributed by atoms with van der Waals surface area (Å²) in [5.41, 5.74) is 0. The molecule has 5 nitrogen and oxygen atoms in total. The number of sulfone groups is 1. The van der Waals surface area contributed by atoms with E-state index in [1.807, 2.05) is 0 Å². The summed E-state index contributed by atoms with van der Waals surface area (Å²) in [5.74, 6) is -0.360. The van der Waals surface area contributed by atoms with E-state index in [-0.39, 0.29) is 17.2 Å². The number of piperidine rings is 1. The highest BCUT2D eigenvalue weighted by atomic mass is 32.2. The minimum atomic E-state index is -3.63. The summed E-state index contributed by atoms with van der Waals surface area (Å²) >= 11 is 0. The second-order valence-electron chi connectivity index (χ2n) is 6.03. The zero-order chi connectivity index (χ0) is 16.9. The number of halogens is 1. The van der Waals surface area contributed by atoms with Crippen LogP contribution in [-0.4, -0.2) is 39.2 Å². The maximum atomic E-state index is 12.9. The molecule has 0 aromatic heterocycles. The fourth-order valence-corrected chi connectivity index (χ4v) is 4.01. The standard InChI is InChI=1S/C16H23FN2O3S/c1-12(23(21,22)15-6-4-14(17)5-7-15)9-16(20)19-11-13-3-2-8-18-10-13/h4-7,12-13,18H,2-3,8-11H2,1H3,(H,19,20). The molecular formula is C16H23FN2O3S. The third kappa shape index (κ3) is 5.00. The zero-order valence-electron chi connectivity index (χ0n) is 13.2. The molecule has 1 aromatic rings. The molecule has 2 rings (SSSR count). The van der Waals surface area contributed by atoms with Gasteiger partial charge in [0.25, 0.3) is 0 Å². The first kappa shape index (κ1) is 17.9. The number of carbonyl (C=O) groups is 1. The SMILES string of the molecule is CC(CC(=O)NCC1CCCNC1)S(=O)(=O)c1ccc(F)cc1. The Bertz CT molecular complexity index is 625. The molecule has 1 saturated heterocycles. The lowest BCUT2D eigenvalue weighted by Crippen LogP contribution is -2.39. The van der Waals surface area contributed by atoms with E-state index in [4.69, 9.17) is 0 Å². The molecule has 23 heavy (non-hydrogen) atoms. The molecule has 2 atom stereocenters. The van der Waals surface area contributed by atoms with Gasteiger partial charge in [-0.25, -0.2) is 12.8 Å². The lowest BCUT2D eigenvalue weighted by atomic mass is 10.00. The minimum absolute atomic E-state index is 0.0377. The van der Waals surface area contributed by atoms with Crippen LogP contribution in [0.1, 0.15) is 26.2 Å². The summed E-state index contributed by atoms with van der Waals surface area (Å²) in [6, 6.07) is 4.67. The molecule has 0 radical (unpaired) electrons. The normalized spacial score (nSPS) is 20.0.